The Morgan fingerprint density at radius 3 is 2.64 bits per heavy atom. The van der Waals surface area contributed by atoms with Crippen LogP contribution in [0, 0.1) is 0 Å². The fourth-order valence-corrected chi connectivity index (χ4v) is 1.18. The van der Waals surface area contributed by atoms with Crippen LogP contribution in [0.15, 0.2) is 18.2 Å². The van der Waals surface area contributed by atoms with E-state index in [1.807, 2.05) is 13.0 Å². The van der Waals surface area contributed by atoms with Crippen molar-refractivity contribution < 1.29 is 5.11 Å². The first kappa shape index (κ1) is 8.88. The molecule has 3 heteroatoms. The summed E-state index contributed by atoms with van der Waals surface area (Å²) in [4.78, 5) is 0.241. The Kier molecular flexibility index (Phi) is 2.79. The molecule has 11 heavy (non-hydrogen) atoms. The lowest BCUT2D eigenvalue weighted by Gasteiger charge is -2.04. The lowest BCUT2D eigenvalue weighted by molar-refractivity contribution is 0.475. The molecule has 0 heterocycles. The van der Waals surface area contributed by atoms with Crippen LogP contribution in [0.3, 0.4) is 0 Å². The van der Waals surface area contributed by atoms with Crippen LogP contribution in [-0.2, 0) is 0 Å². The van der Waals surface area contributed by atoms with E-state index >= 15 is 0 Å². The molecule has 0 saturated heterocycles. The van der Waals surface area contributed by atoms with Crippen LogP contribution >= 0.6 is 27.5 Å². The molecule has 0 fully saturated rings. The number of halogens is 2. The summed E-state index contributed by atoms with van der Waals surface area (Å²) in [6.07, 6.45) is 0. The van der Waals surface area contributed by atoms with Gasteiger partial charge in [-0.2, -0.15) is 0 Å². The molecule has 60 valence electrons. The van der Waals surface area contributed by atoms with E-state index in [4.69, 9.17) is 11.6 Å². The van der Waals surface area contributed by atoms with Crippen molar-refractivity contribution in [2.45, 2.75) is 11.8 Å². The third-order valence-electron chi connectivity index (χ3n) is 1.43. The van der Waals surface area contributed by atoms with Crippen molar-refractivity contribution in [3.63, 3.8) is 0 Å². The van der Waals surface area contributed by atoms with E-state index in [2.05, 4.69) is 15.9 Å². The van der Waals surface area contributed by atoms with Gasteiger partial charge in [-0.05, 0) is 24.6 Å². The van der Waals surface area contributed by atoms with Gasteiger partial charge in [0.25, 0.3) is 0 Å². The van der Waals surface area contributed by atoms with Gasteiger partial charge < -0.3 is 5.11 Å². The number of phenols is 1. The number of phenolic OH excluding ortho intramolecular Hbond substituents is 1. The Bertz CT molecular complexity index is 260. The first-order valence-corrected chi connectivity index (χ1v) is 4.53. The van der Waals surface area contributed by atoms with Crippen molar-refractivity contribution in [2.75, 3.05) is 0 Å². The summed E-state index contributed by atoms with van der Waals surface area (Å²) in [5.74, 6) is 0.135. The second kappa shape index (κ2) is 3.46. The summed E-state index contributed by atoms with van der Waals surface area (Å²) in [6.45, 7) is 1.99. The highest BCUT2D eigenvalue weighted by Gasteiger charge is 2.03. The molecule has 1 rings (SSSR count). The van der Waals surface area contributed by atoms with Crippen molar-refractivity contribution in [1.82, 2.24) is 0 Å². The zero-order valence-corrected chi connectivity index (χ0v) is 8.35. The van der Waals surface area contributed by atoms with Crippen LogP contribution in [0.5, 0.6) is 5.75 Å². The van der Waals surface area contributed by atoms with Gasteiger partial charge in [0.1, 0.15) is 5.75 Å². The summed E-state index contributed by atoms with van der Waals surface area (Å²) in [5.41, 5.74) is 1.02. The molecule has 1 unspecified atom stereocenters. The highest BCUT2D eigenvalue weighted by molar-refractivity contribution is 9.09. The Morgan fingerprint density at radius 2 is 2.18 bits per heavy atom. The molecule has 0 aliphatic carbocycles. The molecule has 0 amide bonds. The number of benzene rings is 1. The first-order valence-electron chi connectivity index (χ1n) is 3.23. The molecular formula is C8H8BrClO. The zero-order valence-electron chi connectivity index (χ0n) is 6.01. The molecule has 0 aliphatic heterocycles. The van der Waals surface area contributed by atoms with Gasteiger partial charge in [0, 0.05) is 4.83 Å². The number of hydrogen-bond donors (Lipinski definition) is 1. The quantitative estimate of drug-likeness (QED) is 0.739. The lowest BCUT2D eigenvalue weighted by Crippen LogP contribution is -1.82. The maximum absolute atomic E-state index is 9.20. The van der Waals surface area contributed by atoms with Crippen molar-refractivity contribution >= 4 is 27.5 Å². The van der Waals surface area contributed by atoms with E-state index in [0.717, 1.165) is 5.56 Å². The molecule has 0 radical (unpaired) electrons. The van der Waals surface area contributed by atoms with Gasteiger partial charge in [-0.15, -0.1) is 0 Å². The zero-order chi connectivity index (χ0) is 8.43. The Balaban J connectivity index is 3.05. The second-order valence-electron chi connectivity index (χ2n) is 2.33. The fourth-order valence-electron chi connectivity index (χ4n) is 0.777. The smallest absolute Gasteiger partial charge is 0.134 e. The standard InChI is InChI=1S/C8H8BrClO/c1-5(9)6-2-3-7(10)8(11)4-6/h2-5,11H,1H3. The van der Waals surface area contributed by atoms with Crippen LogP contribution in [0.4, 0.5) is 0 Å². The molecule has 0 spiro atoms. The SMILES string of the molecule is CC(Br)c1ccc(Cl)c(O)c1. The summed E-state index contributed by atoms with van der Waals surface area (Å²) >= 11 is 9.01. The minimum atomic E-state index is 0.135. The van der Waals surface area contributed by atoms with Gasteiger partial charge in [-0.25, -0.2) is 0 Å². The summed E-state index contributed by atoms with van der Waals surface area (Å²) in [5, 5.41) is 9.59. The molecule has 1 N–H and O–H groups in total. The number of hydrogen-bond acceptors (Lipinski definition) is 1. The van der Waals surface area contributed by atoms with Gasteiger partial charge in [0.2, 0.25) is 0 Å². The number of alkyl halides is 1. The molecular weight excluding hydrogens is 227 g/mol. The van der Waals surface area contributed by atoms with Crippen LogP contribution in [0.1, 0.15) is 17.3 Å². The maximum atomic E-state index is 9.20. The molecule has 1 aromatic rings. The van der Waals surface area contributed by atoms with Gasteiger partial charge in [0.15, 0.2) is 0 Å². The number of rotatable bonds is 1. The third kappa shape index (κ3) is 2.11. The van der Waals surface area contributed by atoms with Crippen LogP contribution in [-0.4, -0.2) is 5.11 Å². The minimum Gasteiger partial charge on any atom is -0.506 e. The van der Waals surface area contributed by atoms with Gasteiger partial charge in [0.05, 0.1) is 5.02 Å². The molecule has 1 aromatic carbocycles. The van der Waals surface area contributed by atoms with E-state index < -0.39 is 0 Å². The van der Waals surface area contributed by atoms with E-state index in [1.165, 1.54) is 0 Å². The molecule has 0 aliphatic rings. The van der Waals surface area contributed by atoms with Crippen molar-refractivity contribution in [3.05, 3.63) is 28.8 Å². The highest BCUT2D eigenvalue weighted by atomic mass is 79.9. The maximum Gasteiger partial charge on any atom is 0.134 e. The predicted molar refractivity (Wildman–Crippen MR) is 50.5 cm³/mol. The van der Waals surface area contributed by atoms with Crippen LogP contribution in [0.2, 0.25) is 5.02 Å². The predicted octanol–water partition coefficient (Wildman–Crippen LogP) is 3.50. The first-order chi connectivity index (χ1) is 5.11. The second-order valence-corrected chi connectivity index (χ2v) is 4.11. The van der Waals surface area contributed by atoms with E-state index in [9.17, 15) is 5.11 Å². The van der Waals surface area contributed by atoms with Crippen LogP contribution in [0.25, 0.3) is 0 Å². The number of aromatic hydroxyl groups is 1. The molecule has 1 nitrogen and oxygen atoms in total. The average molecular weight is 236 g/mol. The molecule has 0 bridgehead atoms. The fraction of sp³-hybridized carbons (Fsp3) is 0.250. The molecule has 1 atom stereocenters. The van der Waals surface area contributed by atoms with Gasteiger partial charge >= 0.3 is 0 Å². The molecule has 0 saturated carbocycles. The summed E-state index contributed by atoms with van der Waals surface area (Å²) < 4.78 is 0. The average Bonchev–Trinajstić information content (AvgIpc) is 1.94. The summed E-state index contributed by atoms with van der Waals surface area (Å²) in [6, 6.07) is 5.22. The third-order valence-corrected chi connectivity index (χ3v) is 2.28. The Morgan fingerprint density at radius 1 is 1.55 bits per heavy atom. The highest BCUT2D eigenvalue weighted by Crippen LogP contribution is 2.29. The Labute approximate surface area is 79.1 Å². The van der Waals surface area contributed by atoms with Crippen molar-refractivity contribution in [1.29, 1.82) is 0 Å². The summed E-state index contributed by atoms with van der Waals surface area (Å²) in [7, 11) is 0. The Hall–Kier alpha value is -0.210. The lowest BCUT2D eigenvalue weighted by atomic mass is 10.2. The normalized spacial score (nSPS) is 13.0. The van der Waals surface area contributed by atoms with Crippen molar-refractivity contribution in [3.8, 4) is 5.75 Å². The minimum absolute atomic E-state index is 0.135. The van der Waals surface area contributed by atoms with E-state index in [-0.39, 0.29) is 10.6 Å². The molecule has 0 aromatic heterocycles. The van der Waals surface area contributed by atoms with Crippen molar-refractivity contribution in [2.24, 2.45) is 0 Å². The van der Waals surface area contributed by atoms with Crippen LogP contribution < -0.4 is 0 Å². The van der Waals surface area contributed by atoms with E-state index in [0.29, 0.717) is 5.02 Å². The van der Waals surface area contributed by atoms with Gasteiger partial charge in [-0.3, -0.25) is 0 Å². The topological polar surface area (TPSA) is 20.2 Å². The monoisotopic (exact) mass is 234 g/mol. The van der Waals surface area contributed by atoms with Gasteiger partial charge in [-0.1, -0.05) is 33.6 Å². The largest absolute Gasteiger partial charge is 0.506 e. The van der Waals surface area contributed by atoms with E-state index in [1.54, 1.807) is 12.1 Å².